The molecule has 0 radical (unpaired) electrons. The van der Waals surface area contributed by atoms with Crippen LogP contribution in [0.5, 0.6) is 0 Å². The number of aromatic nitrogens is 3. The van der Waals surface area contributed by atoms with Gasteiger partial charge < -0.3 is 13.4 Å². The fourth-order valence-corrected chi connectivity index (χ4v) is 2.97. The highest BCUT2D eigenvalue weighted by Gasteiger charge is 2.17. The summed E-state index contributed by atoms with van der Waals surface area (Å²) in [5.74, 6) is 1.43. The minimum Gasteiger partial charge on any atom is -0.469 e. The van der Waals surface area contributed by atoms with E-state index < -0.39 is 0 Å². The summed E-state index contributed by atoms with van der Waals surface area (Å²) in [5, 5.41) is 8.34. The number of hydrogen-bond donors (Lipinski definition) is 0. The normalized spacial score (nSPS) is 11.1. The van der Waals surface area contributed by atoms with E-state index in [1.165, 1.54) is 11.8 Å². The lowest BCUT2D eigenvalue weighted by atomic mass is 10.2. The van der Waals surface area contributed by atoms with Crippen LogP contribution in [0, 0.1) is 20.8 Å². The Labute approximate surface area is 137 Å². The summed E-state index contributed by atoms with van der Waals surface area (Å²) in [6.45, 7) is 5.75. The fourth-order valence-electron chi connectivity index (χ4n) is 2.33. The number of ketones is 1. The lowest BCUT2D eigenvalue weighted by Gasteiger charge is -2.01. The molecule has 0 aromatic carbocycles. The van der Waals surface area contributed by atoms with E-state index in [0.29, 0.717) is 11.1 Å². The molecule has 120 valence electrons. The molecule has 0 aliphatic rings. The average molecular weight is 331 g/mol. The first-order valence-electron chi connectivity index (χ1n) is 7.14. The second-order valence-electron chi connectivity index (χ2n) is 5.32. The second kappa shape index (κ2) is 6.08. The quantitative estimate of drug-likeness (QED) is 0.525. The summed E-state index contributed by atoms with van der Waals surface area (Å²) in [4.78, 5) is 12.4. The Bertz CT molecular complexity index is 860. The van der Waals surface area contributed by atoms with Gasteiger partial charge in [-0.25, -0.2) is 0 Å². The molecule has 6 nitrogen and oxygen atoms in total. The van der Waals surface area contributed by atoms with E-state index in [9.17, 15) is 4.79 Å². The molecule has 0 aliphatic carbocycles. The number of rotatable bonds is 5. The van der Waals surface area contributed by atoms with Crippen LogP contribution >= 0.6 is 11.8 Å². The highest BCUT2D eigenvalue weighted by atomic mass is 32.2. The molecule has 0 atom stereocenters. The Hall–Kier alpha value is -2.28. The van der Waals surface area contributed by atoms with Crippen molar-refractivity contribution in [2.24, 2.45) is 7.05 Å². The smallest absolute Gasteiger partial charge is 0.277 e. The molecule has 0 fully saturated rings. The van der Waals surface area contributed by atoms with Crippen LogP contribution in [0.3, 0.4) is 0 Å². The summed E-state index contributed by atoms with van der Waals surface area (Å²) in [6, 6.07) is 3.69. The molecular formula is C16H17N3O3S. The van der Waals surface area contributed by atoms with Crippen molar-refractivity contribution in [3.8, 4) is 11.5 Å². The summed E-state index contributed by atoms with van der Waals surface area (Å²) < 4.78 is 12.8. The maximum absolute atomic E-state index is 12.4. The monoisotopic (exact) mass is 331 g/mol. The first-order valence-corrected chi connectivity index (χ1v) is 8.13. The minimum absolute atomic E-state index is 0.0513. The molecular weight excluding hydrogens is 314 g/mol. The van der Waals surface area contributed by atoms with Gasteiger partial charge in [0.05, 0.1) is 17.6 Å². The first-order chi connectivity index (χ1) is 11.0. The lowest BCUT2D eigenvalue weighted by Crippen LogP contribution is -2.04. The van der Waals surface area contributed by atoms with Crippen molar-refractivity contribution < 1.29 is 13.6 Å². The molecule has 0 saturated heterocycles. The van der Waals surface area contributed by atoms with Gasteiger partial charge in [0, 0.05) is 24.0 Å². The number of nitrogens with zero attached hydrogens (tertiary/aromatic N) is 3. The standard InChI is InChI=1S/C16H17N3O3S/c1-9-7-13(10(2)19(9)4)14(20)8-23-16-18-17-15(22-16)12-5-6-21-11(12)3/h5-7H,8H2,1-4H3. The summed E-state index contributed by atoms with van der Waals surface area (Å²) >= 11 is 1.24. The zero-order chi connectivity index (χ0) is 16.6. The minimum atomic E-state index is 0.0513. The Morgan fingerprint density at radius 3 is 2.70 bits per heavy atom. The molecule has 0 unspecified atom stereocenters. The van der Waals surface area contributed by atoms with Gasteiger partial charge >= 0.3 is 0 Å². The van der Waals surface area contributed by atoms with Gasteiger partial charge in [-0.1, -0.05) is 11.8 Å². The lowest BCUT2D eigenvalue weighted by molar-refractivity contribution is 0.102. The van der Waals surface area contributed by atoms with E-state index in [1.807, 2.05) is 38.5 Å². The van der Waals surface area contributed by atoms with Crippen LogP contribution in [0.1, 0.15) is 27.5 Å². The van der Waals surface area contributed by atoms with Gasteiger partial charge in [0.2, 0.25) is 0 Å². The predicted octanol–water partition coefficient (Wildman–Crippen LogP) is 3.57. The van der Waals surface area contributed by atoms with Crippen molar-refractivity contribution in [3.63, 3.8) is 0 Å². The van der Waals surface area contributed by atoms with E-state index in [4.69, 9.17) is 8.83 Å². The summed E-state index contributed by atoms with van der Waals surface area (Å²) in [7, 11) is 1.95. The third-order valence-corrected chi connectivity index (χ3v) is 4.72. The third-order valence-electron chi connectivity index (χ3n) is 3.90. The molecule has 0 saturated carbocycles. The van der Waals surface area contributed by atoms with Crippen molar-refractivity contribution in [1.29, 1.82) is 0 Å². The second-order valence-corrected chi connectivity index (χ2v) is 6.25. The van der Waals surface area contributed by atoms with E-state index in [0.717, 1.165) is 28.3 Å². The largest absolute Gasteiger partial charge is 0.469 e. The fraction of sp³-hybridized carbons (Fsp3) is 0.312. The highest BCUT2D eigenvalue weighted by molar-refractivity contribution is 7.99. The van der Waals surface area contributed by atoms with Gasteiger partial charge in [-0.15, -0.1) is 10.2 Å². The summed E-state index contributed by atoms with van der Waals surface area (Å²) in [5.41, 5.74) is 3.54. The number of Topliss-reactive ketones (excluding diaryl/α,β-unsaturated/α-hetero) is 1. The third kappa shape index (κ3) is 2.96. The van der Waals surface area contributed by atoms with E-state index >= 15 is 0 Å². The van der Waals surface area contributed by atoms with Crippen molar-refractivity contribution in [2.45, 2.75) is 26.0 Å². The first kappa shape index (κ1) is 15.6. The van der Waals surface area contributed by atoms with E-state index in [-0.39, 0.29) is 11.5 Å². The zero-order valence-electron chi connectivity index (χ0n) is 13.4. The Morgan fingerprint density at radius 2 is 2.09 bits per heavy atom. The Morgan fingerprint density at radius 1 is 1.30 bits per heavy atom. The van der Waals surface area contributed by atoms with E-state index in [1.54, 1.807) is 12.3 Å². The molecule has 0 bridgehead atoms. The molecule has 3 heterocycles. The zero-order valence-corrected chi connectivity index (χ0v) is 14.2. The number of aryl methyl sites for hydroxylation is 2. The number of hydrogen-bond acceptors (Lipinski definition) is 6. The maximum atomic E-state index is 12.4. The van der Waals surface area contributed by atoms with Gasteiger partial charge in [0.15, 0.2) is 5.78 Å². The number of thioether (sulfide) groups is 1. The van der Waals surface area contributed by atoms with Crippen molar-refractivity contribution in [3.05, 3.63) is 41.1 Å². The van der Waals surface area contributed by atoms with Crippen LogP contribution in [0.15, 0.2) is 32.5 Å². The van der Waals surface area contributed by atoms with Crippen molar-refractivity contribution >= 4 is 17.5 Å². The van der Waals surface area contributed by atoms with Crippen LogP contribution in [0.25, 0.3) is 11.5 Å². The van der Waals surface area contributed by atoms with Gasteiger partial charge in [0.1, 0.15) is 5.76 Å². The van der Waals surface area contributed by atoms with Gasteiger partial charge in [-0.2, -0.15) is 0 Å². The Balaban J connectivity index is 1.69. The van der Waals surface area contributed by atoms with E-state index in [2.05, 4.69) is 10.2 Å². The van der Waals surface area contributed by atoms with Crippen LogP contribution < -0.4 is 0 Å². The molecule has 3 rings (SSSR count). The molecule has 7 heteroatoms. The predicted molar refractivity (Wildman–Crippen MR) is 86.7 cm³/mol. The highest BCUT2D eigenvalue weighted by Crippen LogP contribution is 2.27. The van der Waals surface area contributed by atoms with Gasteiger partial charge in [-0.3, -0.25) is 4.79 Å². The molecule has 23 heavy (non-hydrogen) atoms. The van der Waals surface area contributed by atoms with Crippen molar-refractivity contribution in [1.82, 2.24) is 14.8 Å². The molecule has 0 aliphatic heterocycles. The molecule has 3 aromatic rings. The van der Waals surface area contributed by atoms with Gasteiger partial charge in [0.25, 0.3) is 11.1 Å². The maximum Gasteiger partial charge on any atom is 0.277 e. The number of carbonyl (C=O) groups excluding carboxylic acids is 1. The topological polar surface area (TPSA) is 74.1 Å². The molecule has 0 amide bonds. The number of carbonyl (C=O) groups is 1. The molecule has 3 aromatic heterocycles. The molecule has 0 spiro atoms. The van der Waals surface area contributed by atoms with Crippen molar-refractivity contribution in [2.75, 3.05) is 5.75 Å². The Kier molecular flexibility index (Phi) is 4.12. The SMILES string of the molecule is Cc1occc1-c1nnc(SCC(=O)c2cc(C)n(C)c2C)o1. The molecule has 0 N–H and O–H groups in total. The number of furan rings is 1. The van der Waals surface area contributed by atoms with Crippen LogP contribution in [0.4, 0.5) is 0 Å². The van der Waals surface area contributed by atoms with Gasteiger partial charge in [-0.05, 0) is 32.9 Å². The van der Waals surface area contributed by atoms with Crippen LogP contribution in [-0.4, -0.2) is 26.3 Å². The van der Waals surface area contributed by atoms with Crippen LogP contribution in [-0.2, 0) is 7.05 Å². The van der Waals surface area contributed by atoms with Crippen LogP contribution in [0.2, 0.25) is 0 Å². The average Bonchev–Trinajstić information content (AvgIpc) is 3.21. The summed E-state index contributed by atoms with van der Waals surface area (Å²) in [6.07, 6.45) is 1.58.